The molecule has 2 aromatic rings. The van der Waals surface area contributed by atoms with Crippen LogP contribution >= 0.6 is 11.6 Å². The number of carbonyl (C=O) groups excluding carboxylic acids is 2. The molecule has 1 fully saturated rings. The standard InChI is InChI=1S/C22H25ClN2O3/c1-16-8-9-18(14-17(16)2)28-15-21(26)24-10-5-11-25(13-12-24)22(27)19-6-3-4-7-20(19)23/h3-4,6-9,14H,5,10-13,15H2,1-2H3. The molecule has 1 aliphatic heterocycles. The van der Waals surface area contributed by atoms with Crippen LogP contribution in [0.2, 0.25) is 5.02 Å². The van der Waals surface area contributed by atoms with Crippen molar-refractivity contribution in [3.63, 3.8) is 0 Å². The van der Waals surface area contributed by atoms with Crippen molar-refractivity contribution in [3.8, 4) is 5.75 Å². The predicted octanol–water partition coefficient (Wildman–Crippen LogP) is 3.71. The van der Waals surface area contributed by atoms with Crippen LogP contribution in [0.15, 0.2) is 42.5 Å². The van der Waals surface area contributed by atoms with Crippen molar-refractivity contribution in [2.75, 3.05) is 32.8 Å². The van der Waals surface area contributed by atoms with E-state index in [4.69, 9.17) is 16.3 Å². The quantitative estimate of drug-likeness (QED) is 0.786. The first-order chi connectivity index (χ1) is 13.5. The van der Waals surface area contributed by atoms with Crippen LogP contribution in [0.1, 0.15) is 27.9 Å². The van der Waals surface area contributed by atoms with E-state index in [9.17, 15) is 9.59 Å². The lowest BCUT2D eigenvalue weighted by atomic mass is 10.1. The molecule has 0 unspecified atom stereocenters. The average molecular weight is 401 g/mol. The fourth-order valence-corrected chi connectivity index (χ4v) is 3.43. The zero-order chi connectivity index (χ0) is 20.1. The number of nitrogens with zero attached hydrogens (tertiary/aromatic N) is 2. The van der Waals surface area contributed by atoms with Crippen LogP contribution in [0.25, 0.3) is 0 Å². The van der Waals surface area contributed by atoms with Crippen molar-refractivity contribution in [1.82, 2.24) is 9.80 Å². The molecule has 28 heavy (non-hydrogen) atoms. The van der Waals surface area contributed by atoms with Crippen molar-refractivity contribution < 1.29 is 14.3 Å². The second-order valence-corrected chi connectivity index (χ2v) is 7.45. The molecule has 1 heterocycles. The van der Waals surface area contributed by atoms with E-state index in [1.165, 1.54) is 5.56 Å². The second-order valence-electron chi connectivity index (χ2n) is 7.04. The molecule has 0 atom stereocenters. The van der Waals surface area contributed by atoms with Gasteiger partial charge in [0.05, 0.1) is 10.6 Å². The number of benzene rings is 2. The van der Waals surface area contributed by atoms with E-state index in [1.54, 1.807) is 34.1 Å². The van der Waals surface area contributed by atoms with Gasteiger partial charge in [0.25, 0.3) is 11.8 Å². The van der Waals surface area contributed by atoms with Crippen molar-refractivity contribution in [1.29, 1.82) is 0 Å². The van der Waals surface area contributed by atoms with Crippen LogP contribution in [-0.4, -0.2) is 54.4 Å². The molecule has 1 aliphatic rings. The fourth-order valence-electron chi connectivity index (χ4n) is 3.21. The Kier molecular flexibility index (Phi) is 6.57. The maximum Gasteiger partial charge on any atom is 0.260 e. The Balaban J connectivity index is 1.55. The van der Waals surface area contributed by atoms with Crippen molar-refractivity contribution in [2.24, 2.45) is 0 Å². The highest BCUT2D eigenvalue weighted by atomic mass is 35.5. The third kappa shape index (κ3) is 4.84. The van der Waals surface area contributed by atoms with Gasteiger partial charge in [0.1, 0.15) is 5.75 Å². The van der Waals surface area contributed by atoms with Gasteiger partial charge in [-0.1, -0.05) is 29.8 Å². The van der Waals surface area contributed by atoms with Crippen LogP contribution in [0.4, 0.5) is 0 Å². The molecule has 148 valence electrons. The first-order valence-electron chi connectivity index (χ1n) is 9.47. The Morgan fingerprint density at radius 2 is 1.68 bits per heavy atom. The van der Waals surface area contributed by atoms with E-state index in [0.29, 0.717) is 42.5 Å². The zero-order valence-corrected chi connectivity index (χ0v) is 17.0. The molecule has 1 saturated heterocycles. The first-order valence-corrected chi connectivity index (χ1v) is 9.85. The summed E-state index contributed by atoms with van der Waals surface area (Å²) in [6.45, 7) is 6.25. The summed E-state index contributed by atoms with van der Waals surface area (Å²) in [6.07, 6.45) is 0.728. The summed E-state index contributed by atoms with van der Waals surface area (Å²) in [4.78, 5) is 28.8. The Hall–Kier alpha value is -2.53. The molecule has 0 N–H and O–H groups in total. The summed E-state index contributed by atoms with van der Waals surface area (Å²) in [7, 11) is 0. The molecule has 6 heteroatoms. The number of carbonyl (C=O) groups is 2. The van der Waals surface area contributed by atoms with Gasteiger partial charge in [-0.15, -0.1) is 0 Å². The van der Waals surface area contributed by atoms with Gasteiger partial charge in [-0.3, -0.25) is 9.59 Å². The molecule has 0 radical (unpaired) electrons. The van der Waals surface area contributed by atoms with Crippen LogP contribution in [-0.2, 0) is 4.79 Å². The monoisotopic (exact) mass is 400 g/mol. The maximum absolute atomic E-state index is 12.7. The largest absolute Gasteiger partial charge is 0.484 e. The van der Waals surface area contributed by atoms with Gasteiger partial charge in [-0.2, -0.15) is 0 Å². The van der Waals surface area contributed by atoms with E-state index >= 15 is 0 Å². The molecule has 0 aromatic heterocycles. The van der Waals surface area contributed by atoms with Gasteiger partial charge in [0, 0.05) is 26.2 Å². The molecular formula is C22H25ClN2O3. The highest BCUT2D eigenvalue weighted by molar-refractivity contribution is 6.33. The Bertz CT molecular complexity index is 869. The highest BCUT2D eigenvalue weighted by Gasteiger charge is 2.24. The minimum atomic E-state index is -0.0914. The molecule has 3 rings (SSSR count). The Morgan fingerprint density at radius 1 is 0.964 bits per heavy atom. The lowest BCUT2D eigenvalue weighted by molar-refractivity contribution is -0.133. The lowest BCUT2D eigenvalue weighted by Crippen LogP contribution is -2.39. The summed E-state index contributed by atoms with van der Waals surface area (Å²) < 4.78 is 5.67. The van der Waals surface area contributed by atoms with Gasteiger partial charge in [-0.25, -0.2) is 0 Å². The molecule has 0 spiro atoms. The van der Waals surface area contributed by atoms with E-state index in [1.807, 2.05) is 32.0 Å². The Morgan fingerprint density at radius 3 is 2.43 bits per heavy atom. The van der Waals surface area contributed by atoms with Gasteiger partial charge >= 0.3 is 0 Å². The number of hydrogen-bond acceptors (Lipinski definition) is 3. The summed E-state index contributed by atoms with van der Waals surface area (Å²) >= 11 is 6.15. The van der Waals surface area contributed by atoms with Gasteiger partial charge in [-0.05, 0) is 55.7 Å². The summed E-state index contributed by atoms with van der Waals surface area (Å²) in [5.74, 6) is 0.540. The molecule has 0 aliphatic carbocycles. The number of aryl methyl sites for hydroxylation is 2. The predicted molar refractivity (Wildman–Crippen MR) is 110 cm³/mol. The highest BCUT2D eigenvalue weighted by Crippen LogP contribution is 2.19. The third-order valence-corrected chi connectivity index (χ3v) is 5.41. The molecule has 5 nitrogen and oxygen atoms in total. The zero-order valence-electron chi connectivity index (χ0n) is 16.3. The van der Waals surface area contributed by atoms with E-state index in [-0.39, 0.29) is 18.4 Å². The summed E-state index contributed by atoms with van der Waals surface area (Å²) in [6, 6.07) is 12.9. The van der Waals surface area contributed by atoms with Crippen molar-refractivity contribution in [2.45, 2.75) is 20.3 Å². The minimum absolute atomic E-state index is 0.000953. The maximum atomic E-state index is 12.7. The number of rotatable bonds is 4. The van der Waals surface area contributed by atoms with Gasteiger partial charge < -0.3 is 14.5 Å². The SMILES string of the molecule is Cc1ccc(OCC(=O)N2CCCN(C(=O)c3ccccc3Cl)CC2)cc1C. The van der Waals surface area contributed by atoms with Gasteiger partial charge in [0.15, 0.2) is 6.61 Å². The first kappa shape index (κ1) is 20.2. The molecule has 2 amide bonds. The number of amides is 2. The van der Waals surface area contributed by atoms with Gasteiger partial charge in [0.2, 0.25) is 0 Å². The smallest absolute Gasteiger partial charge is 0.260 e. The number of halogens is 1. The topological polar surface area (TPSA) is 49.9 Å². The van der Waals surface area contributed by atoms with E-state index in [0.717, 1.165) is 12.0 Å². The van der Waals surface area contributed by atoms with Crippen LogP contribution in [0, 0.1) is 13.8 Å². The van der Waals surface area contributed by atoms with Crippen molar-refractivity contribution >= 4 is 23.4 Å². The lowest BCUT2D eigenvalue weighted by Gasteiger charge is -2.22. The summed E-state index contributed by atoms with van der Waals surface area (Å²) in [5, 5.41) is 0.450. The average Bonchev–Trinajstić information content (AvgIpc) is 2.95. The molecule has 0 bridgehead atoms. The Labute approximate surface area is 170 Å². The molecule has 0 saturated carbocycles. The van der Waals surface area contributed by atoms with E-state index < -0.39 is 0 Å². The third-order valence-electron chi connectivity index (χ3n) is 5.08. The fraction of sp³-hybridized carbons (Fsp3) is 0.364. The number of ether oxygens (including phenoxy) is 1. The van der Waals surface area contributed by atoms with Crippen LogP contribution in [0.3, 0.4) is 0 Å². The summed E-state index contributed by atoms with van der Waals surface area (Å²) in [5.41, 5.74) is 2.82. The number of hydrogen-bond donors (Lipinski definition) is 0. The second kappa shape index (κ2) is 9.11. The minimum Gasteiger partial charge on any atom is -0.484 e. The van der Waals surface area contributed by atoms with Crippen LogP contribution < -0.4 is 4.74 Å². The molecule has 2 aromatic carbocycles. The van der Waals surface area contributed by atoms with Crippen molar-refractivity contribution in [3.05, 3.63) is 64.2 Å². The van der Waals surface area contributed by atoms with E-state index in [2.05, 4.69) is 0 Å². The van der Waals surface area contributed by atoms with Crippen LogP contribution in [0.5, 0.6) is 5.75 Å². The molecular weight excluding hydrogens is 376 g/mol. The normalized spacial score (nSPS) is 14.5.